The first-order chi connectivity index (χ1) is 13.6. The predicted molar refractivity (Wildman–Crippen MR) is 110 cm³/mol. The van der Waals surface area contributed by atoms with Crippen LogP contribution in [0.25, 0.3) is 0 Å². The molecule has 8 heteroatoms. The Morgan fingerprint density at radius 3 is 2.45 bits per heavy atom. The SMILES string of the molecule is COC(=O)[C@@H]1CCCCN1C(=O)[C@@H](Cc1ccc(Cl)cc1)NC(=O)OC(C)(C)C. The Morgan fingerprint density at radius 2 is 1.86 bits per heavy atom. The molecule has 1 N–H and O–H groups in total. The number of piperidine rings is 1. The maximum atomic E-state index is 13.3. The van der Waals surface area contributed by atoms with Gasteiger partial charge in [-0.2, -0.15) is 0 Å². The molecule has 1 aliphatic heterocycles. The van der Waals surface area contributed by atoms with Gasteiger partial charge in [0, 0.05) is 18.0 Å². The lowest BCUT2D eigenvalue weighted by atomic mass is 9.98. The molecule has 2 atom stereocenters. The van der Waals surface area contributed by atoms with Crippen molar-refractivity contribution in [3.8, 4) is 0 Å². The third-order valence-electron chi connectivity index (χ3n) is 4.60. The lowest BCUT2D eigenvalue weighted by Crippen LogP contribution is -2.56. The first kappa shape index (κ1) is 23.0. The van der Waals surface area contributed by atoms with E-state index in [1.165, 1.54) is 12.0 Å². The van der Waals surface area contributed by atoms with Crippen LogP contribution in [0.3, 0.4) is 0 Å². The fourth-order valence-electron chi connectivity index (χ4n) is 3.28. The number of halogens is 1. The Kier molecular flexibility index (Phi) is 7.90. The molecule has 0 spiro atoms. The van der Waals surface area contributed by atoms with E-state index in [9.17, 15) is 14.4 Å². The van der Waals surface area contributed by atoms with E-state index < -0.39 is 29.7 Å². The third kappa shape index (κ3) is 6.92. The van der Waals surface area contributed by atoms with Crippen LogP contribution in [0.4, 0.5) is 4.79 Å². The second-order valence-electron chi connectivity index (χ2n) is 8.10. The fraction of sp³-hybridized carbons (Fsp3) is 0.571. The molecule has 0 radical (unpaired) electrons. The summed E-state index contributed by atoms with van der Waals surface area (Å²) in [5.41, 5.74) is 0.132. The van der Waals surface area contributed by atoms with Crippen molar-refractivity contribution in [2.75, 3.05) is 13.7 Å². The van der Waals surface area contributed by atoms with Crippen LogP contribution in [0.1, 0.15) is 45.6 Å². The lowest BCUT2D eigenvalue weighted by molar-refractivity contribution is -0.155. The molecule has 0 unspecified atom stereocenters. The van der Waals surface area contributed by atoms with Gasteiger partial charge in [-0.15, -0.1) is 0 Å². The highest BCUT2D eigenvalue weighted by molar-refractivity contribution is 6.30. The van der Waals surface area contributed by atoms with E-state index in [0.29, 0.717) is 18.0 Å². The number of nitrogens with one attached hydrogen (secondary N) is 1. The van der Waals surface area contributed by atoms with Gasteiger partial charge in [-0.25, -0.2) is 9.59 Å². The van der Waals surface area contributed by atoms with Crippen LogP contribution >= 0.6 is 11.6 Å². The van der Waals surface area contributed by atoms with Crippen LogP contribution < -0.4 is 5.32 Å². The van der Waals surface area contributed by atoms with Crippen LogP contribution in [0.15, 0.2) is 24.3 Å². The van der Waals surface area contributed by atoms with Crippen molar-refractivity contribution in [3.63, 3.8) is 0 Å². The maximum Gasteiger partial charge on any atom is 0.408 e. The average molecular weight is 425 g/mol. The molecule has 0 aliphatic carbocycles. The molecule has 2 rings (SSSR count). The number of nitrogens with zero attached hydrogens (tertiary/aromatic N) is 1. The predicted octanol–water partition coefficient (Wildman–Crippen LogP) is 3.33. The van der Waals surface area contributed by atoms with Crippen LogP contribution in [0.2, 0.25) is 5.02 Å². The first-order valence-corrected chi connectivity index (χ1v) is 10.1. The Bertz CT molecular complexity index is 730. The van der Waals surface area contributed by atoms with Crippen molar-refractivity contribution in [2.45, 2.75) is 64.1 Å². The average Bonchev–Trinajstić information content (AvgIpc) is 2.66. The van der Waals surface area contributed by atoms with Gasteiger partial charge in [0.2, 0.25) is 5.91 Å². The molecule has 1 fully saturated rings. The molecule has 1 aliphatic rings. The van der Waals surface area contributed by atoms with Crippen molar-refractivity contribution in [2.24, 2.45) is 0 Å². The van der Waals surface area contributed by atoms with Gasteiger partial charge in [0.1, 0.15) is 17.7 Å². The summed E-state index contributed by atoms with van der Waals surface area (Å²) in [5, 5.41) is 3.26. The third-order valence-corrected chi connectivity index (χ3v) is 4.85. The number of esters is 1. The summed E-state index contributed by atoms with van der Waals surface area (Å²) < 4.78 is 10.2. The zero-order valence-electron chi connectivity index (χ0n) is 17.4. The van der Waals surface area contributed by atoms with Gasteiger partial charge in [0.25, 0.3) is 0 Å². The first-order valence-electron chi connectivity index (χ1n) is 9.73. The smallest absolute Gasteiger partial charge is 0.408 e. The number of hydrogen-bond donors (Lipinski definition) is 1. The zero-order valence-corrected chi connectivity index (χ0v) is 18.1. The number of carbonyl (C=O) groups is 3. The molecular formula is C21H29ClN2O5. The van der Waals surface area contributed by atoms with E-state index in [0.717, 1.165) is 18.4 Å². The Balaban J connectivity index is 2.23. The monoisotopic (exact) mass is 424 g/mol. The lowest BCUT2D eigenvalue weighted by Gasteiger charge is -2.36. The van der Waals surface area contributed by atoms with Crippen molar-refractivity contribution < 1.29 is 23.9 Å². The van der Waals surface area contributed by atoms with Gasteiger partial charge in [-0.3, -0.25) is 4.79 Å². The summed E-state index contributed by atoms with van der Waals surface area (Å²) in [6, 6.07) is 5.53. The molecule has 1 saturated heterocycles. The molecule has 7 nitrogen and oxygen atoms in total. The molecule has 0 bridgehead atoms. The highest BCUT2D eigenvalue weighted by atomic mass is 35.5. The molecular weight excluding hydrogens is 396 g/mol. The van der Waals surface area contributed by atoms with E-state index in [1.807, 2.05) is 0 Å². The van der Waals surface area contributed by atoms with E-state index >= 15 is 0 Å². The van der Waals surface area contributed by atoms with Crippen LogP contribution in [0.5, 0.6) is 0 Å². The number of ether oxygens (including phenoxy) is 2. The van der Waals surface area contributed by atoms with E-state index in [1.54, 1.807) is 45.0 Å². The Labute approximate surface area is 176 Å². The molecule has 2 amide bonds. The van der Waals surface area contributed by atoms with Crippen LogP contribution in [-0.2, 0) is 25.5 Å². The number of rotatable bonds is 5. The van der Waals surface area contributed by atoms with E-state index in [2.05, 4.69) is 5.32 Å². The summed E-state index contributed by atoms with van der Waals surface area (Å²) in [6.45, 7) is 5.69. The molecule has 29 heavy (non-hydrogen) atoms. The fourth-order valence-corrected chi connectivity index (χ4v) is 3.41. The number of amides is 2. The summed E-state index contributed by atoms with van der Waals surface area (Å²) in [6.07, 6.45) is 1.74. The highest BCUT2D eigenvalue weighted by Gasteiger charge is 2.37. The normalized spacial score (nSPS) is 18.0. The van der Waals surface area contributed by atoms with E-state index in [4.69, 9.17) is 21.1 Å². The van der Waals surface area contributed by atoms with Crippen LogP contribution in [-0.4, -0.2) is 54.2 Å². The van der Waals surface area contributed by atoms with E-state index in [-0.39, 0.29) is 12.3 Å². The highest BCUT2D eigenvalue weighted by Crippen LogP contribution is 2.21. The number of alkyl carbamates (subject to hydrolysis) is 1. The molecule has 0 saturated carbocycles. The quantitative estimate of drug-likeness (QED) is 0.733. The van der Waals surface area contributed by atoms with Gasteiger partial charge in [-0.05, 0) is 57.7 Å². The number of hydrogen-bond acceptors (Lipinski definition) is 5. The Hall–Kier alpha value is -2.28. The summed E-state index contributed by atoms with van der Waals surface area (Å²) in [7, 11) is 1.31. The second kappa shape index (κ2) is 9.96. The topological polar surface area (TPSA) is 84.9 Å². The zero-order chi connectivity index (χ0) is 21.6. The number of methoxy groups -OCH3 is 1. The Morgan fingerprint density at radius 1 is 1.21 bits per heavy atom. The van der Waals surface area contributed by atoms with Crippen molar-refractivity contribution in [1.29, 1.82) is 0 Å². The van der Waals surface area contributed by atoms with Gasteiger partial charge < -0.3 is 19.7 Å². The van der Waals surface area contributed by atoms with Gasteiger partial charge >= 0.3 is 12.1 Å². The minimum absolute atomic E-state index is 0.250. The van der Waals surface area contributed by atoms with Crippen LogP contribution in [0, 0.1) is 0 Å². The van der Waals surface area contributed by atoms with Crippen molar-refractivity contribution >= 4 is 29.6 Å². The molecule has 1 aromatic carbocycles. The standard InChI is InChI=1S/C21H29ClN2O5/c1-21(2,3)29-20(27)23-16(13-14-8-10-15(22)11-9-14)18(25)24-12-6-5-7-17(24)19(26)28-4/h8-11,16-17H,5-7,12-13H2,1-4H3,(H,23,27)/t16-,17+/m1/s1. The molecule has 160 valence electrons. The van der Waals surface area contributed by atoms with Gasteiger partial charge in [0.15, 0.2) is 0 Å². The summed E-state index contributed by atoms with van der Waals surface area (Å²) >= 11 is 5.94. The number of carbonyl (C=O) groups excluding carboxylic acids is 3. The van der Waals surface area contributed by atoms with Crippen molar-refractivity contribution in [1.82, 2.24) is 10.2 Å². The van der Waals surface area contributed by atoms with Gasteiger partial charge in [-0.1, -0.05) is 23.7 Å². The minimum Gasteiger partial charge on any atom is -0.467 e. The summed E-state index contributed by atoms with van der Waals surface area (Å²) in [4.78, 5) is 39.4. The summed E-state index contributed by atoms with van der Waals surface area (Å²) in [5.74, 6) is -0.776. The molecule has 1 aromatic rings. The largest absolute Gasteiger partial charge is 0.467 e. The molecule has 1 heterocycles. The minimum atomic E-state index is -0.878. The second-order valence-corrected chi connectivity index (χ2v) is 8.53. The number of benzene rings is 1. The molecule has 0 aromatic heterocycles. The maximum absolute atomic E-state index is 13.3. The number of likely N-dealkylation sites (tertiary alicyclic amines) is 1. The van der Waals surface area contributed by atoms with Crippen molar-refractivity contribution in [3.05, 3.63) is 34.9 Å². The van der Waals surface area contributed by atoms with Gasteiger partial charge in [0.05, 0.1) is 7.11 Å².